The summed E-state index contributed by atoms with van der Waals surface area (Å²) >= 11 is 0. The highest BCUT2D eigenvalue weighted by Crippen LogP contribution is 2.46. The van der Waals surface area contributed by atoms with Crippen molar-refractivity contribution in [1.82, 2.24) is 10.2 Å². The first-order valence-electron chi connectivity index (χ1n) is 11.3. The number of aliphatic hydroxyl groups is 1. The number of fused-ring (bicyclic) bond motifs is 1. The molecule has 2 aromatic carbocycles. The minimum absolute atomic E-state index is 0.0308. The third-order valence-corrected chi connectivity index (χ3v) is 5.77. The van der Waals surface area contributed by atoms with Crippen LogP contribution in [0.25, 0.3) is 6.08 Å². The molecule has 7 heteroatoms. The molecule has 2 aliphatic heterocycles. The predicted octanol–water partition coefficient (Wildman–Crippen LogP) is 3.47. The van der Waals surface area contributed by atoms with Crippen molar-refractivity contribution in [3.8, 4) is 17.2 Å². The number of ether oxygens (including phenoxy) is 3. The second kappa shape index (κ2) is 9.45. The van der Waals surface area contributed by atoms with Crippen molar-refractivity contribution in [2.24, 2.45) is 0 Å². The van der Waals surface area contributed by atoms with Gasteiger partial charge in [0.25, 0.3) is 5.91 Å². The van der Waals surface area contributed by atoms with E-state index in [0.717, 1.165) is 11.1 Å². The number of methoxy groups -OCH3 is 1. The summed E-state index contributed by atoms with van der Waals surface area (Å²) < 4.78 is 17.2. The Morgan fingerprint density at radius 1 is 1.27 bits per heavy atom. The highest BCUT2D eigenvalue weighted by molar-refractivity contribution is 5.96. The van der Waals surface area contributed by atoms with E-state index in [-0.39, 0.29) is 18.1 Å². The molecule has 2 heterocycles. The van der Waals surface area contributed by atoms with Crippen LogP contribution in [0.1, 0.15) is 43.1 Å². The fourth-order valence-electron chi connectivity index (χ4n) is 4.34. The maximum absolute atomic E-state index is 13.7. The van der Waals surface area contributed by atoms with Gasteiger partial charge in [0, 0.05) is 45.1 Å². The summed E-state index contributed by atoms with van der Waals surface area (Å²) in [7, 11) is 1.55. The molecular weight excluding hydrogens is 420 g/mol. The van der Waals surface area contributed by atoms with Crippen molar-refractivity contribution >= 4 is 12.0 Å². The zero-order valence-corrected chi connectivity index (χ0v) is 19.6. The van der Waals surface area contributed by atoms with Crippen LogP contribution < -0.4 is 19.5 Å². The molecule has 0 radical (unpaired) electrons. The Kier molecular flexibility index (Phi) is 6.63. The Hall–Kier alpha value is -3.03. The fourth-order valence-corrected chi connectivity index (χ4v) is 4.34. The van der Waals surface area contributed by atoms with Gasteiger partial charge in [0.2, 0.25) is 11.5 Å². The smallest absolute Gasteiger partial charge is 0.254 e. The summed E-state index contributed by atoms with van der Waals surface area (Å²) in [5, 5.41) is 13.3. The van der Waals surface area contributed by atoms with E-state index in [2.05, 4.69) is 11.4 Å². The van der Waals surface area contributed by atoms with E-state index in [0.29, 0.717) is 48.9 Å². The van der Waals surface area contributed by atoms with E-state index in [9.17, 15) is 9.90 Å². The van der Waals surface area contributed by atoms with Crippen LogP contribution >= 0.6 is 0 Å². The van der Waals surface area contributed by atoms with E-state index in [1.807, 2.05) is 56.0 Å². The Balaban J connectivity index is 1.61. The molecule has 2 atom stereocenters. The molecular formula is C26H32N2O5. The van der Waals surface area contributed by atoms with Crippen LogP contribution in [0.3, 0.4) is 0 Å². The zero-order chi connectivity index (χ0) is 23.6. The molecule has 0 spiro atoms. The summed E-state index contributed by atoms with van der Waals surface area (Å²) in [5.41, 5.74) is 2.61. The molecule has 1 saturated heterocycles. The lowest BCUT2D eigenvalue weighted by molar-refractivity contribution is -0.0439. The molecule has 7 nitrogen and oxygen atoms in total. The first-order chi connectivity index (χ1) is 15.7. The van der Waals surface area contributed by atoms with Gasteiger partial charge >= 0.3 is 0 Å². The quantitative estimate of drug-likeness (QED) is 0.670. The van der Waals surface area contributed by atoms with Gasteiger partial charge in [0.1, 0.15) is 0 Å². The monoisotopic (exact) mass is 452 g/mol. The molecule has 0 bridgehead atoms. The lowest BCUT2D eigenvalue weighted by Crippen LogP contribution is -2.42. The lowest BCUT2D eigenvalue weighted by atomic mass is 10.1. The average Bonchev–Trinajstić information content (AvgIpc) is 3.33. The number of amides is 1. The molecule has 2 aliphatic rings. The van der Waals surface area contributed by atoms with E-state index in [1.54, 1.807) is 19.2 Å². The molecule has 0 aliphatic carbocycles. The van der Waals surface area contributed by atoms with E-state index in [1.165, 1.54) is 0 Å². The van der Waals surface area contributed by atoms with Crippen LogP contribution in [0, 0.1) is 0 Å². The summed E-state index contributed by atoms with van der Waals surface area (Å²) in [5.74, 6) is 0.510. The molecule has 1 fully saturated rings. The van der Waals surface area contributed by atoms with Gasteiger partial charge in [0.15, 0.2) is 11.5 Å². The summed E-state index contributed by atoms with van der Waals surface area (Å²) in [6, 6.07) is 13.5. The van der Waals surface area contributed by atoms with Crippen molar-refractivity contribution in [2.45, 2.75) is 45.1 Å². The fraction of sp³-hybridized carbons (Fsp3) is 0.423. The third-order valence-electron chi connectivity index (χ3n) is 5.77. The highest BCUT2D eigenvalue weighted by Gasteiger charge is 2.36. The second-order valence-corrected chi connectivity index (χ2v) is 9.19. The lowest BCUT2D eigenvalue weighted by Gasteiger charge is -2.27. The number of hydrogen-bond donors (Lipinski definition) is 2. The number of nitrogens with one attached hydrogen (secondary N) is 1. The van der Waals surface area contributed by atoms with Crippen molar-refractivity contribution < 1.29 is 24.1 Å². The van der Waals surface area contributed by atoms with E-state index >= 15 is 0 Å². The number of nitrogens with zero attached hydrogens (tertiary/aromatic N) is 1. The Morgan fingerprint density at radius 2 is 2.03 bits per heavy atom. The molecule has 33 heavy (non-hydrogen) atoms. The summed E-state index contributed by atoms with van der Waals surface area (Å²) in [6.07, 6.45) is 2.31. The van der Waals surface area contributed by atoms with Gasteiger partial charge in [-0.05, 0) is 31.0 Å². The standard InChI is InChI=1S/C26H32N2O5/c1-17(10-18-8-6-5-7-9-18)15-28(16-20-13-21(29)14-27-20)25(30)19-11-22(31-4)24-23(12-19)32-26(2,3)33-24/h5-12,20-21,27,29H,13-16H2,1-4H3/b17-10+/t20-,21?/m0/s1. The van der Waals surface area contributed by atoms with Gasteiger partial charge in [-0.15, -0.1) is 0 Å². The van der Waals surface area contributed by atoms with E-state index < -0.39 is 5.79 Å². The van der Waals surface area contributed by atoms with Crippen molar-refractivity contribution in [1.29, 1.82) is 0 Å². The number of benzene rings is 2. The van der Waals surface area contributed by atoms with Crippen LogP contribution in [0.4, 0.5) is 0 Å². The van der Waals surface area contributed by atoms with Crippen LogP contribution in [0.2, 0.25) is 0 Å². The van der Waals surface area contributed by atoms with Crippen LogP contribution in [0.15, 0.2) is 48.0 Å². The zero-order valence-electron chi connectivity index (χ0n) is 19.6. The average molecular weight is 453 g/mol. The van der Waals surface area contributed by atoms with Gasteiger partial charge in [-0.2, -0.15) is 0 Å². The van der Waals surface area contributed by atoms with Crippen molar-refractivity contribution in [3.05, 3.63) is 59.2 Å². The molecule has 1 unspecified atom stereocenters. The Morgan fingerprint density at radius 3 is 2.70 bits per heavy atom. The molecule has 4 rings (SSSR count). The molecule has 0 saturated carbocycles. The SMILES string of the molecule is COc1cc(C(=O)N(C/C(C)=C/c2ccccc2)C[C@@H]2CC(O)CN2)cc2c1OC(C)(C)O2. The molecule has 2 aromatic rings. The maximum atomic E-state index is 13.7. The first kappa shape index (κ1) is 23.1. The molecule has 1 amide bonds. The minimum Gasteiger partial charge on any atom is -0.493 e. The number of rotatable bonds is 7. The van der Waals surface area contributed by atoms with Gasteiger partial charge in [-0.1, -0.05) is 42.0 Å². The molecule has 176 valence electrons. The predicted molar refractivity (Wildman–Crippen MR) is 127 cm³/mol. The number of hydrogen-bond acceptors (Lipinski definition) is 6. The van der Waals surface area contributed by atoms with Gasteiger partial charge in [0.05, 0.1) is 13.2 Å². The minimum atomic E-state index is -0.824. The Labute approximate surface area is 195 Å². The second-order valence-electron chi connectivity index (χ2n) is 9.19. The van der Waals surface area contributed by atoms with E-state index in [4.69, 9.17) is 14.2 Å². The Bertz CT molecular complexity index is 1030. The van der Waals surface area contributed by atoms with Crippen molar-refractivity contribution in [2.75, 3.05) is 26.7 Å². The summed E-state index contributed by atoms with van der Waals surface area (Å²) in [4.78, 5) is 15.5. The largest absolute Gasteiger partial charge is 0.493 e. The normalized spacial score (nSPS) is 21.2. The number of carbonyl (C=O) groups is 1. The number of aliphatic hydroxyl groups excluding tert-OH is 1. The number of carbonyl (C=O) groups excluding carboxylic acids is 1. The maximum Gasteiger partial charge on any atom is 0.254 e. The van der Waals surface area contributed by atoms with Crippen LogP contribution in [-0.4, -0.2) is 60.6 Å². The van der Waals surface area contributed by atoms with Crippen LogP contribution in [-0.2, 0) is 0 Å². The third kappa shape index (κ3) is 5.49. The van der Waals surface area contributed by atoms with Crippen LogP contribution in [0.5, 0.6) is 17.2 Å². The first-order valence-corrected chi connectivity index (χ1v) is 11.3. The van der Waals surface area contributed by atoms with Crippen molar-refractivity contribution in [3.63, 3.8) is 0 Å². The van der Waals surface area contributed by atoms with Gasteiger partial charge in [-0.3, -0.25) is 4.79 Å². The molecule has 2 N–H and O–H groups in total. The van der Waals surface area contributed by atoms with Gasteiger partial charge < -0.3 is 29.5 Å². The summed E-state index contributed by atoms with van der Waals surface area (Å²) in [6.45, 7) is 7.14. The number of β-amino-alcohol motifs (C(OH)–C–C–N with tert-alkyl or cyclic N) is 1. The highest BCUT2D eigenvalue weighted by atomic mass is 16.7. The molecule has 0 aromatic heterocycles. The topological polar surface area (TPSA) is 80.3 Å². The van der Waals surface area contributed by atoms with Gasteiger partial charge in [-0.25, -0.2) is 0 Å².